The van der Waals surface area contributed by atoms with E-state index in [0.29, 0.717) is 0 Å². The third-order valence-electron chi connectivity index (χ3n) is 2.83. The molecule has 0 saturated heterocycles. The largest absolute Gasteiger partial charge is 0.481 e. The van der Waals surface area contributed by atoms with Crippen LogP contribution in [0, 0.1) is 12.8 Å². The third-order valence-corrected chi connectivity index (χ3v) is 2.83. The van der Waals surface area contributed by atoms with Crippen LogP contribution in [-0.4, -0.2) is 45.3 Å². The molecule has 6 nitrogen and oxygen atoms in total. The van der Waals surface area contributed by atoms with Crippen LogP contribution in [0.1, 0.15) is 18.3 Å². The highest BCUT2D eigenvalue weighted by Gasteiger charge is 2.18. The zero-order chi connectivity index (χ0) is 13.9. The van der Waals surface area contributed by atoms with Crippen molar-refractivity contribution in [3.05, 3.63) is 17.5 Å². The molecule has 6 heteroatoms. The molecule has 1 unspecified atom stereocenters. The van der Waals surface area contributed by atoms with Crippen LogP contribution in [0.2, 0.25) is 0 Å². The Balaban J connectivity index is 2.60. The van der Waals surface area contributed by atoms with Gasteiger partial charge in [-0.2, -0.15) is 5.10 Å². The summed E-state index contributed by atoms with van der Waals surface area (Å²) in [5.41, 5.74) is 1.69. The standard InChI is InChI=1S/C12H19N3O3/c1-8(12(17)18)7-14(3)11(16)6-10-5-9(2)13-15(10)4/h5,8H,6-7H2,1-4H3,(H,17,18). The van der Waals surface area contributed by atoms with E-state index in [1.54, 1.807) is 25.7 Å². The fourth-order valence-corrected chi connectivity index (χ4v) is 1.71. The molecule has 0 fully saturated rings. The van der Waals surface area contributed by atoms with Crippen molar-refractivity contribution in [2.45, 2.75) is 20.3 Å². The number of amides is 1. The Hall–Kier alpha value is -1.85. The predicted octanol–water partition coefficient (Wildman–Crippen LogP) is 0.450. The molecule has 0 spiro atoms. The minimum absolute atomic E-state index is 0.105. The van der Waals surface area contributed by atoms with Crippen LogP contribution in [0.5, 0.6) is 0 Å². The molecule has 0 aliphatic heterocycles. The molecule has 1 atom stereocenters. The van der Waals surface area contributed by atoms with Crippen LogP contribution in [-0.2, 0) is 23.1 Å². The maximum absolute atomic E-state index is 11.9. The summed E-state index contributed by atoms with van der Waals surface area (Å²) in [6.45, 7) is 3.66. The normalized spacial score (nSPS) is 12.2. The molecule has 100 valence electrons. The van der Waals surface area contributed by atoms with E-state index in [4.69, 9.17) is 5.11 Å². The molecule has 1 aromatic heterocycles. The minimum atomic E-state index is -0.897. The molecule has 1 amide bonds. The first-order chi connectivity index (χ1) is 8.31. The third kappa shape index (κ3) is 3.58. The summed E-state index contributed by atoms with van der Waals surface area (Å²) in [5, 5.41) is 13.0. The summed E-state index contributed by atoms with van der Waals surface area (Å²) in [7, 11) is 3.40. The van der Waals surface area contributed by atoms with Gasteiger partial charge in [-0.3, -0.25) is 14.3 Å². The molecule has 1 aromatic rings. The Morgan fingerprint density at radius 3 is 2.61 bits per heavy atom. The van der Waals surface area contributed by atoms with E-state index in [0.717, 1.165) is 11.4 Å². The second-order valence-electron chi connectivity index (χ2n) is 4.59. The summed E-state index contributed by atoms with van der Waals surface area (Å²) in [4.78, 5) is 24.1. The Bertz CT molecular complexity index is 453. The lowest BCUT2D eigenvalue weighted by Crippen LogP contribution is -2.34. The fourth-order valence-electron chi connectivity index (χ4n) is 1.71. The Labute approximate surface area is 106 Å². The van der Waals surface area contributed by atoms with E-state index in [1.165, 1.54) is 4.90 Å². The number of aliphatic carboxylic acids is 1. The van der Waals surface area contributed by atoms with E-state index in [-0.39, 0.29) is 18.9 Å². The maximum Gasteiger partial charge on any atom is 0.308 e. The molecular weight excluding hydrogens is 234 g/mol. The highest BCUT2D eigenvalue weighted by atomic mass is 16.4. The van der Waals surface area contributed by atoms with Gasteiger partial charge in [-0.1, -0.05) is 6.92 Å². The summed E-state index contributed by atoms with van der Waals surface area (Å²) >= 11 is 0. The average molecular weight is 253 g/mol. The van der Waals surface area contributed by atoms with Gasteiger partial charge >= 0.3 is 5.97 Å². The van der Waals surface area contributed by atoms with Crippen molar-refractivity contribution in [3.63, 3.8) is 0 Å². The predicted molar refractivity (Wildman–Crippen MR) is 66.1 cm³/mol. The van der Waals surface area contributed by atoms with Crippen molar-refractivity contribution in [1.29, 1.82) is 0 Å². The van der Waals surface area contributed by atoms with Gasteiger partial charge < -0.3 is 10.0 Å². The van der Waals surface area contributed by atoms with Crippen molar-refractivity contribution in [2.75, 3.05) is 13.6 Å². The summed E-state index contributed by atoms with van der Waals surface area (Å²) in [5.74, 6) is -1.57. The number of likely N-dealkylation sites (N-methyl/N-ethyl adjacent to an activating group) is 1. The van der Waals surface area contributed by atoms with Gasteiger partial charge in [0.2, 0.25) is 5.91 Å². The van der Waals surface area contributed by atoms with E-state index in [1.807, 2.05) is 13.0 Å². The van der Waals surface area contributed by atoms with Gasteiger partial charge in [0.15, 0.2) is 0 Å². The van der Waals surface area contributed by atoms with Gasteiger partial charge in [-0.05, 0) is 13.0 Å². The molecule has 0 bridgehead atoms. The van der Waals surface area contributed by atoms with Gasteiger partial charge in [-0.25, -0.2) is 0 Å². The first kappa shape index (κ1) is 14.2. The lowest BCUT2D eigenvalue weighted by Gasteiger charge is -2.19. The lowest BCUT2D eigenvalue weighted by atomic mass is 10.1. The number of carboxylic acid groups (broad SMARTS) is 1. The molecular formula is C12H19N3O3. The number of rotatable bonds is 5. The number of carbonyl (C=O) groups is 2. The van der Waals surface area contributed by atoms with E-state index in [9.17, 15) is 9.59 Å². The summed E-state index contributed by atoms with van der Waals surface area (Å²) < 4.78 is 1.67. The van der Waals surface area contributed by atoms with Crippen LogP contribution in [0.15, 0.2) is 6.07 Å². The quantitative estimate of drug-likeness (QED) is 0.826. The number of aromatic nitrogens is 2. The molecule has 1 N–H and O–H groups in total. The minimum Gasteiger partial charge on any atom is -0.481 e. The topological polar surface area (TPSA) is 75.4 Å². The first-order valence-electron chi connectivity index (χ1n) is 5.77. The van der Waals surface area contributed by atoms with Gasteiger partial charge in [0.25, 0.3) is 0 Å². The van der Waals surface area contributed by atoms with E-state index in [2.05, 4.69) is 5.10 Å². The van der Waals surface area contributed by atoms with Crippen molar-refractivity contribution >= 4 is 11.9 Å². The molecule has 1 rings (SSSR count). The van der Waals surface area contributed by atoms with Crippen LogP contribution in [0.25, 0.3) is 0 Å². The van der Waals surface area contributed by atoms with Crippen LogP contribution in [0.3, 0.4) is 0 Å². The monoisotopic (exact) mass is 253 g/mol. The summed E-state index contributed by atoms with van der Waals surface area (Å²) in [6.07, 6.45) is 0.236. The highest BCUT2D eigenvalue weighted by Crippen LogP contribution is 2.06. The molecule has 0 aliphatic rings. The summed E-state index contributed by atoms with van der Waals surface area (Å²) in [6, 6.07) is 1.85. The zero-order valence-electron chi connectivity index (χ0n) is 11.2. The second kappa shape index (κ2) is 5.66. The lowest BCUT2D eigenvalue weighted by molar-refractivity contribution is -0.142. The number of nitrogens with zero attached hydrogens (tertiary/aromatic N) is 3. The molecule has 0 radical (unpaired) electrons. The number of carbonyl (C=O) groups excluding carboxylic acids is 1. The number of hydrogen-bond acceptors (Lipinski definition) is 3. The molecule has 0 aliphatic carbocycles. The molecule has 18 heavy (non-hydrogen) atoms. The maximum atomic E-state index is 11.9. The number of hydrogen-bond donors (Lipinski definition) is 1. The molecule has 1 heterocycles. The van der Waals surface area contributed by atoms with Crippen LogP contribution >= 0.6 is 0 Å². The SMILES string of the molecule is Cc1cc(CC(=O)N(C)CC(C)C(=O)O)n(C)n1. The van der Waals surface area contributed by atoms with Gasteiger partial charge in [0.1, 0.15) is 0 Å². The highest BCUT2D eigenvalue weighted by molar-refractivity contribution is 5.79. The molecule has 0 aromatic carbocycles. The fraction of sp³-hybridized carbons (Fsp3) is 0.583. The van der Waals surface area contributed by atoms with E-state index >= 15 is 0 Å². The smallest absolute Gasteiger partial charge is 0.308 e. The van der Waals surface area contributed by atoms with Crippen molar-refractivity contribution in [1.82, 2.24) is 14.7 Å². The van der Waals surface area contributed by atoms with Crippen molar-refractivity contribution in [3.8, 4) is 0 Å². The molecule has 0 saturated carbocycles. The van der Waals surface area contributed by atoms with Crippen LogP contribution in [0.4, 0.5) is 0 Å². The van der Waals surface area contributed by atoms with Crippen LogP contribution < -0.4 is 0 Å². The first-order valence-corrected chi connectivity index (χ1v) is 5.77. The van der Waals surface area contributed by atoms with Gasteiger partial charge in [0.05, 0.1) is 18.0 Å². The zero-order valence-corrected chi connectivity index (χ0v) is 11.2. The van der Waals surface area contributed by atoms with E-state index < -0.39 is 11.9 Å². The Morgan fingerprint density at radius 1 is 1.56 bits per heavy atom. The number of aryl methyl sites for hydroxylation is 2. The van der Waals surface area contributed by atoms with Crippen molar-refractivity contribution < 1.29 is 14.7 Å². The second-order valence-corrected chi connectivity index (χ2v) is 4.59. The van der Waals surface area contributed by atoms with Crippen molar-refractivity contribution in [2.24, 2.45) is 13.0 Å². The Morgan fingerprint density at radius 2 is 2.17 bits per heavy atom. The van der Waals surface area contributed by atoms with Gasteiger partial charge in [-0.15, -0.1) is 0 Å². The Kier molecular flexibility index (Phi) is 4.47. The number of carboxylic acids is 1. The average Bonchev–Trinajstić information content (AvgIpc) is 2.56. The van der Waals surface area contributed by atoms with Gasteiger partial charge in [0, 0.05) is 26.3 Å².